The molecule has 0 bridgehead atoms. The van der Waals surface area contributed by atoms with Crippen molar-refractivity contribution in [1.82, 2.24) is 14.9 Å². The van der Waals surface area contributed by atoms with Gasteiger partial charge in [-0.3, -0.25) is 14.2 Å². The first-order valence-electron chi connectivity index (χ1n) is 7.65. The summed E-state index contributed by atoms with van der Waals surface area (Å²) in [5.74, 6) is 0.763. The topological polar surface area (TPSA) is 64.0 Å². The van der Waals surface area contributed by atoms with Crippen molar-refractivity contribution in [2.45, 2.75) is 12.3 Å². The van der Waals surface area contributed by atoms with E-state index < -0.39 is 0 Å². The number of nitrogens with one attached hydrogen (secondary N) is 1. The van der Waals surface area contributed by atoms with E-state index in [2.05, 4.69) is 10.3 Å². The Labute approximate surface area is 151 Å². The molecule has 130 valence electrons. The lowest BCUT2D eigenvalue weighted by atomic mass is 10.2. The fourth-order valence-corrected chi connectivity index (χ4v) is 3.90. The molecule has 0 atom stereocenters. The van der Waals surface area contributed by atoms with E-state index in [9.17, 15) is 14.0 Å². The zero-order valence-electron chi connectivity index (χ0n) is 13.3. The fraction of sp³-hybridized carbons (Fsp3) is 0.235. The summed E-state index contributed by atoms with van der Waals surface area (Å²) in [5, 5.41) is 4.57. The van der Waals surface area contributed by atoms with Crippen LogP contribution < -0.4 is 10.9 Å². The predicted octanol–water partition coefficient (Wildman–Crippen LogP) is 2.65. The number of nitrogens with zero attached hydrogens (tertiary/aromatic N) is 2. The number of hydrogen-bond acceptors (Lipinski definition) is 5. The highest BCUT2D eigenvalue weighted by molar-refractivity contribution is 7.98. The van der Waals surface area contributed by atoms with Crippen LogP contribution in [0.4, 0.5) is 4.39 Å². The van der Waals surface area contributed by atoms with Gasteiger partial charge in [0.15, 0.2) is 0 Å². The van der Waals surface area contributed by atoms with Crippen LogP contribution in [-0.4, -0.2) is 27.8 Å². The molecule has 3 aromatic rings. The molecule has 0 fully saturated rings. The van der Waals surface area contributed by atoms with Crippen LogP contribution in [-0.2, 0) is 17.1 Å². The zero-order chi connectivity index (χ0) is 17.6. The highest BCUT2D eigenvalue weighted by Crippen LogP contribution is 2.15. The smallest absolute Gasteiger partial charge is 0.271 e. The minimum Gasteiger partial charge on any atom is -0.354 e. The van der Waals surface area contributed by atoms with Crippen LogP contribution in [0.1, 0.15) is 5.56 Å². The van der Waals surface area contributed by atoms with Gasteiger partial charge in [0, 0.05) is 18.1 Å². The number of amides is 1. The molecule has 0 aliphatic heterocycles. The quantitative estimate of drug-likeness (QED) is 0.643. The summed E-state index contributed by atoms with van der Waals surface area (Å²) in [7, 11) is 0. The Bertz CT molecular complexity index is 939. The Morgan fingerprint density at radius 1 is 1.32 bits per heavy atom. The molecule has 1 N–H and O–H groups in total. The monoisotopic (exact) mass is 377 g/mol. The number of rotatable bonds is 7. The summed E-state index contributed by atoms with van der Waals surface area (Å²) in [5.41, 5.74) is 1.10. The number of fused-ring (bicyclic) bond motifs is 1. The first kappa shape index (κ1) is 17.6. The number of thiophene rings is 1. The normalized spacial score (nSPS) is 10.9. The van der Waals surface area contributed by atoms with Gasteiger partial charge in [-0.15, -0.1) is 11.3 Å². The van der Waals surface area contributed by atoms with E-state index in [1.807, 2.05) is 0 Å². The van der Waals surface area contributed by atoms with E-state index in [1.54, 1.807) is 41.4 Å². The second-order valence-corrected chi connectivity index (χ2v) is 7.33. The number of hydrogen-bond donors (Lipinski definition) is 1. The maximum Gasteiger partial charge on any atom is 0.271 e. The van der Waals surface area contributed by atoms with Crippen molar-refractivity contribution in [3.8, 4) is 0 Å². The largest absolute Gasteiger partial charge is 0.354 e. The van der Waals surface area contributed by atoms with E-state index >= 15 is 0 Å². The zero-order valence-corrected chi connectivity index (χ0v) is 14.9. The lowest BCUT2D eigenvalue weighted by Crippen LogP contribution is -2.33. The predicted molar refractivity (Wildman–Crippen MR) is 99.5 cm³/mol. The molecule has 1 amide bonds. The standard InChI is InChI=1S/C17H16FN3O2S2/c18-13-4-2-1-3-12(13)10-24-8-6-19-15(22)9-21-11-20-14-5-7-25-16(14)17(21)23/h1-5,7,11H,6,8-10H2,(H,19,22). The van der Waals surface area contributed by atoms with Crippen LogP contribution in [0.5, 0.6) is 0 Å². The van der Waals surface area contributed by atoms with Crippen molar-refractivity contribution in [3.05, 3.63) is 63.8 Å². The van der Waals surface area contributed by atoms with Crippen LogP contribution in [0, 0.1) is 5.82 Å². The van der Waals surface area contributed by atoms with Crippen LogP contribution in [0.3, 0.4) is 0 Å². The summed E-state index contributed by atoms with van der Waals surface area (Å²) in [4.78, 5) is 28.3. The molecular formula is C17H16FN3O2S2. The van der Waals surface area contributed by atoms with Gasteiger partial charge in [-0.25, -0.2) is 9.37 Å². The third-order valence-electron chi connectivity index (χ3n) is 3.53. The van der Waals surface area contributed by atoms with Gasteiger partial charge < -0.3 is 5.32 Å². The molecule has 0 aliphatic rings. The second-order valence-electron chi connectivity index (χ2n) is 5.31. The summed E-state index contributed by atoms with van der Waals surface area (Å²) < 4.78 is 15.3. The molecule has 3 rings (SSSR count). The van der Waals surface area contributed by atoms with E-state index in [0.29, 0.717) is 33.8 Å². The van der Waals surface area contributed by atoms with Gasteiger partial charge in [-0.1, -0.05) is 18.2 Å². The molecule has 25 heavy (non-hydrogen) atoms. The van der Waals surface area contributed by atoms with Crippen molar-refractivity contribution < 1.29 is 9.18 Å². The molecule has 5 nitrogen and oxygen atoms in total. The number of halogens is 1. The maximum absolute atomic E-state index is 13.5. The summed E-state index contributed by atoms with van der Waals surface area (Å²) >= 11 is 2.86. The van der Waals surface area contributed by atoms with Crippen LogP contribution >= 0.6 is 23.1 Å². The molecule has 8 heteroatoms. The van der Waals surface area contributed by atoms with E-state index in [-0.39, 0.29) is 23.8 Å². The molecule has 1 aromatic carbocycles. The molecular weight excluding hydrogens is 361 g/mol. The second kappa shape index (κ2) is 8.26. The number of carbonyl (C=O) groups is 1. The van der Waals surface area contributed by atoms with E-state index in [0.717, 1.165) is 0 Å². The lowest BCUT2D eigenvalue weighted by molar-refractivity contribution is -0.121. The van der Waals surface area contributed by atoms with E-state index in [1.165, 1.54) is 28.3 Å². The first-order valence-corrected chi connectivity index (χ1v) is 9.69. The lowest BCUT2D eigenvalue weighted by Gasteiger charge is -2.07. The first-order chi connectivity index (χ1) is 12.1. The van der Waals surface area contributed by atoms with Crippen molar-refractivity contribution >= 4 is 39.2 Å². The molecule has 2 heterocycles. The SMILES string of the molecule is O=C(Cn1cnc2ccsc2c1=O)NCCSCc1ccccc1F. The molecule has 0 unspecified atom stereocenters. The van der Waals surface area contributed by atoms with Gasteiger partial charge >= 0.3 is 0 Å². The van der Waals surface area contributed by atoms with Gasteiger partial charge in [0.05, 0.1) is 11.8 Å². The Morgan fingerprint density at radius 3 is 3.00 bits per heavy atom. The molecule has 0 radical (unpaired) electrons. The van der Waals surface area contributed by atoms with Gasteiger partial charge in [-0.05, 0) is 23.1 Å². The van der Waals surface area contributed by atoms with Crippen molar-refractivity contribution in [1.29, 1.82) is 0 Å². The number of thioether (sulfide) groups is 1. The Morgan fingerprint density at radius 2 is 2.16 bits per heavy atom. The van der Waals surface area contributed by atoms with Gasteiger partial charge in [0.1, 0.15) is 17.1 Å². The Kier molecular flexibility index (Phi) is 5.83. The third-order valence-corrected chi connectivity index (χ3v) is 5.43. The van der Waals surface area contributed by atoms with Crippen molar-refractivity contribution in [2.75, 3.05) is 12.3 Å². The van der Waals surface area contributed by atoms with Gasteiger partial charge in [0.2, 0.25) is 5.91 Å². The van der Waals surface area contributed by atoms with Gasteiger partial charge in [-0.2, -0.15) is 11.8 Å². The number of carbonyl (C=O) groups excluding carboxylic acids is 1. The Balaban J connectivity index is 1.44. The van der Waals surface area contributed by atoms with Crippen LogP contribution in [0.15, 0.2) is 46.8 Å². The molecule has 0 aliphatic carbocycles. The minimum atomic E-state index is -0.244. The molecule has 2 aromatic heterocycles. The van der Waals surface area contributed by atoms with E-state index in [4.69, 9.17) is 0 Å². The Hall–Kier alpha value is -2.19. The molecule has 0 saturated carbocycles. The van der Waals surface area contributed by atoms with Gasteiger partial charge in [0.25, 0.3) is 5.56 Å². The maximum atomic E-state index is 13.5. The van der Waals surface area contributed by atoms with Crippen molar-refractivity contribution in [3.63, 3.8) is 0 Å². The third kappa shape index (κ3) is 4.46. The average Bonchev–Trinajstić information content (AvgIpc) is 3.08. The fourth-order valence-electron chi connectivity index (χ4n) is 2.26. The van der Waals surface area contributed by atoms with Crippen LogP contribution in [0.2, 0.25) is 0 Å². The van der Waals surface area contributed by atoms with Crippen molar-refractivity contribution in [2.24, 2.45) is 0 Å². The summed E-state index contributed by atoms with van der Waals surface area (Å²) in [6.45, 7) is 0.402. The minimum absolute atomic E-state index is 0.0579. The summed E-state index contributed by atoms with van der Waals surface area (Å²) in [6.07, 6.45) is 1.39. The number of aromatic nitrogens is 2. The average molecular weight is 377 g/mol. The number of benzene rings is 1. The van der Waals surface area contributed by atoms with Crippen LogP contribution in [0.25, 0.3) is 10.2 Å². The highest BCUT2D eigenvalue weighted by atomic mass is 32.2. The molecule has 0 spiro atoms. The molecule has 0 saturated heterocycles. The summed E-state index contributed by atoms with van der Waals surface area (Å²) in [6, 6.07) is 8.43. The highest BCUT2D eigenvalue weighted by Gasteiger charge is 2.08.